The van der Waals surface area contributed by atoms with Gasteiger partial charge in [-0.1, -0.05) is 0 Å². The SMILES string of the molecule is N#Cc1cc([N+](=O)[O-])cnc1NC1CCOC1. The van der Waals surface area contributed by atoms with Gasteiger partial charge in [0.05, 0.1) is 17.6 Å². The zero-order chi connectivity index (χ0) is 12.3. The maximum absolute atomic E-state index is 10.5. The fourth-order valence-corrected chi connectivity index (χ4v) is 1.60. The highest BCUT2D eigenvalue weighted by Crippen LogP contribution is 2.20. The van der Waals surface area contributed by atoms with E-state index in [1.54, 1.807) is 0 Å². The van der Waals surface area contributed by atoms with Gasteiger partial charge in [-0.2, -0.15) is 5.26 Å². The lowest BCUT2D eigenvalue weighted by molar-refractivity contribution is -0.385. The highest BCUT2D eigenvalue weighted by atomic mass is 16.6. The molecule has 1 aromatic heterocycles. The van der Waals surface area contributed by atoms with Crippen molar-refractivity contribution in [1.82, 2.24) is 4.98 Å². The summed E-state index contributed by atoms with van der Waals surface area (Å²) in [5.74, 6) is 0.369. The summed E-state index contributed by atoms with van der Waals surface area (Å²) < 4.78 is 5.18. The van der Waals surface area contributed by atoms with Crippen LogP contribution in [0.2, 0.25) is 0 Å². The summed E-state index contributed by atoms with van der Waals surface area (Å²) in [5, 5.41) is 22.5. The van der Waals surface area contributed by atoms with Crippen molar-refractivity contribution in [2.45, 2.75) is 12.5 Å². The summed E-state index contributed by atoms with van der Waals surface area (Å²) in [6, 6.07) is 3.22. The highest BCUT2D eigenvalue weighted by molar-refractivity contribution is 5.56. The van der Waals surface area contributed by atoms with Crippen LogP contribution >= 0.6 is 0 Å². The second kappa shape index (κ2) is 4.76. The van der Waals surface area contributed by atoms with E-state index in [0.29, 0.717) is 19.0 Å². The Morgan fingerprint density at radius 3 is 3.12 bits per heavy atom. The second-order valence-electron chi connectivity index (χ2n) is 3.66. The Balaban J connectivity index is 2.22. The van der Waals surface area contributed by atoms with Gasteiger partial charge in [0.2, 0.25) is 0 Å². The third-order valence-electron chi connectivity index (χ3n) is 2.48. The Hall–Kier alpha value is -2.20. The van der Waals surface area contributed by atoms with Gasteiger partial charge < -0.3 is 10.1 Å². The molecule has 17 heavy (non-hydrogen) atoms. The number of rotatable bonds is 3. The first-order valence-electron chi connectivity index (χ1n) is 5.09. The lowest BCUT2D eigenvalue weighted by atomic mass is 10.2. The number of nitro groups is 1. The summed E-state index contributed by atoms with van der Waals surface area (Å²) in [4.78, 5) is 13.9. The van der Waals surface area contributed by atoms with Gasteiger partial charge in [-0.25, -0.2) is 4.98 Å². The molecular weight excluding hydrogens is 224 g/mol. The van der Waals surface area contributed by atoms with Crippen LogP contribution in [0.15, 0.2) is 12.3 Å². The van der Waals surface area contributed by atoms with E-state index in [2.05, 4.69) is 10.3 Å². The van der Waals surface area contributed by atoms with Crippen molar-refractivity contribution in [3.8, 4) is 6.07 Å². The van der Waals surface area contributed by atoms with Crippen molar-refractivity contribution < 1.29 is 9.66 Å². The summed E-state index contributed by atoms with van der Waals surface area (Å²) >= 11 is 0. The number of nitrogens with one attached hydrogen (secondary N) is 1. The first kappa shape index (κ1) is 11.3. The molecule has 2 heterocycles. The van der Waals surface area contributed by atoms with Crippen LogP contribution in [0.3, 0.4) is 0 Å². The van der Waals surface area contributed by atoms with Crippen molar-refractivity contribution in [3.05, 3.63) is 27.9 Å². The average molecular weight is 234 g/mol. The maximum atomic E-state index is 10.5. The van der Waals surface area contributed by atoms with Crippen molar-refractivity contribution >= 4 is 11.5 Å². The van der Waals surface area contributed by atoms with Gasteiger partial charge in [-0.15, -0.1) is 0 Å². The Kier molecular flexibility index (Phi) is 3.16. The van der Waals surface area contributed by atoms with E-state index in [1.165, 1.54) is 6.07 Å². The Morgan fingerprint density at radius 2 is 2.53 bits per heavy atom. The number of ether oxygens (including phenoxy) is 1. The molecule has 1 unspecified atom stereocenters. The van der Waals surface area contributed by atoms with Gasteiger partial charge in [0.15, 0.2) is 0 Å². The monoisotopic (exact) mass is 234 g/mol. The number of aromatic nitrogens is 1. The molecule has 0 radical (unpaired) electrons. The van der Waals surface area contributed by atoms with Gasteiger partial charge in [-0.05, 0) is 6.42 Å². The summed E-state index contributed by atoms with van der Waals surface area (Å²) in [5.41, 5.74) is -0.0131. The van der Waals surface area contributed by atoms with Gasteiger partial charge in [0.1, 0.15) is 23.6 Å². The molecule has 0 aliphatic carbocycles. The summed E-state index contributed by atoms with van der Waals surface area (Å²) in [6.45, 7) is 1.23. The van der Waals surface area contributed by atoms with E-state index in [9.17, 15) is 10.1 Å². The molecule has 0 amide bonds. The predicted octanol–water partition coefficient (Wildman–Crippen LogP) is 1.06. The van der Waals surface area contributed by atoms with Crippen LogP contribution < -0.4 is 5.32 Å². The first-order valence-corrected chi connectivity index (χ1v) is 5.09. The van der Waals surface area contributed by atoms with E-state index in [4.69, 9.17) is 10.00 Å². The average Bonchev–Trinajstić information content (AvgIpc) is 2.82. The van der Waals surface area contributed by atoms with Crippen LogP contribution in [-0.4, -0.2) is 29.2 Å². The number of hydrogen-bond donors (Lipinski definition) is 1. The van der Waals surface area contributed by atoms with Gasteiger partial charge in [0.25, 0.3) is 5.69 Å². The van der Waals surface area contributed by atoms with Crippen LogP contribution in [0.25, 0.3) is 0 Å². The molecule has 1 saturated heterocycles. The van der Waals surface area contributed by atoms with Crippen molar-refractivity contribution in [2.75, 3.05) is 18.5 Å². The fraction of sp³-hybridized carbons (Fsp3) is 0.400. The number of hydrogen-bond acceptors (Lipinski definition) is 6. The molecule has 88 valence electrons. The molecule has 1 fully saturated rings. The first-order chi connectivity index (χ1) is 8.20. The lowest BCUT2D eigenvalue weighted by Gasteiger charge is -2.11. The molecule has 7 heteroatoms. The van der Waals surface area contributed by atoms with Crippen molar-refractivity contribution in [3.63, 3.8) is 0 Å². The minimum atomic E-state index is -0.573. The fourth-order valence-electron chi connectivity index (χ4n) is 1.60. The van der Waals surface area contributed by atoms with Crippen LogP contribution in [-0.2, 0) is 4.74 Å². The predicted molar refractivity (Wildman–Crippen MR) is 58.5 cm³/mol. The van der Waals surface area contributed by atoms with Gasteiger partial charge >= 0.3 is 0 Å². The second-order valence-corrected chi connectivity index (χ2v) is 3.66. The smallest absolute Gasteiger partial charge is 0.289 e. The Morgan fingerprint density at radius 1 is 1.71 bits per heavy atom. The highest BCUT2D eigenvalue weighted by Gasteiger charge is 2.18. The minimum absolute atomic E-state index is 0.107. The van der Waals surface area contributed by atoms with E-state index in [0.717, 1.165) is 12.6 Å². The summed E-state index contributed by atoms with van der Waals surface area (Å²) in [6.07, 6.45) is 1.97. The number of pyridine rings is 1. The summed E-state index contributed by atoms with van der Waals surface area (Å²) in [7, 11) is 0. The third-order valence-corrected chi connectivity index (χ3v) is 2.48. The van der Waals surface area contributed by atoms with E-state index < -0.39 is 4.92 Å². The zero-order valence-electron chi connectivity index (χ0n) is 8.92. The quantitative estimate of drug-likeness (QED) is 0.619. The largest absolute Gasteiger partial charge is 0.379 e. The number of nitrogens with zero attached hydrogens (tertiary/aromatic N) is 3. The standard InChI is InChI=1S/C10H10N4O3/c11-4-7-3-9(14(15)16)5-12-10(7)13-8-1-2-17-6-8/h3,5,8H,1-2,6H2,(H,12,13). The molecular formula is C10H10N4O3. The molecule has 1 aliphatic rings. The molecule has 7 nitrogen and oxygen atoms in total. The van der Waals surface area contributed by atoms with Crippen LogP contribution in [0.4, 0.5) is 11.5 Å². The van der Waals surface area contributed by atoms with Gasteiger partial charge in [-0.3, -0.25) is 10.1 Å². The van der Waals surface area contributed by atoms with Gasteiger partial charge in [0, 0.05) is 12.7 Å². The normalized spacial score (nSPS) is 18.6. The maximum Gasteiger partial charge on any atom is 0.289 e. The van der Waals surface area contributed by atoms with Crippen molar-refractivity contribution in [2.24, 2.45) is 0 Å². The number of anilines is 1. The van der Waals surface area contributed by atoms with Crippen LogP contribution in [0.5, 0.6) is 0 Å². The van der Waals surface area contributed by atoms with Crippen molar-refractivity contribution in [1.29, 1.82) is 5.26 Å². The van der Waals surface area contributed by atoms with Crippen LogP contribution in [0, 0.1) is 21.4 Å². The molecule has 1 N–H and O–H groups in total. The topological polar surface area (TPSA) is 101 Å². The molecule has 1 aromatic rings. The molecule has 0 saturated carbocycles. The lowest BCUT2D eigenvalue weighted by Crippen LogP contribution is -2.20. The molecule has 1 aliphatic heterocycles. The van der Waals surface area contributed by atoms with E-state index in [-0.39, 0.29) is 17.3 Å². The number of nitriles is 1. The van der Waals surface area contributed by atoms with E-state index >= 15 is 0 Å². The molecule has 0 bridgehead atoms. The molecule has 0 aromatic carbocycles. The Bertz CT molecular complexity index is 477. The molecule has 2 rings (SSSR count). The Labute approximate surface area is 97.2 Å². The molecule has 1 atom stereocenters. The van der Waals surface area contributed by atoms with Crippen LogP contribution in [0.1, 0.15) is 12.0 Å². The zero-order valence-corrected chi connectivity index (χ0v) is 8.92. The minimum Gasteiger partial charge on any atom is -0.379 e. The molecule has 0 spiro atoms. The van der Waals surface area contributed by atoms with E-state index in [1.807, 2.05) is 6.07 Å². The third kappa shape index (κ3) is 2.49.